The fraction of sp³-hybridized carbons (Fsp3) is 0.250. The van der Waals surface area contributed by atoms with Crippen molar-refractivity contribution in [1.82, 2.24) is 0 Å². The number of fused-ring (bicyclic) bond motifs is 2. The lowest BCUT2D eigenvalue weighted by atomic mass is 9.81. The summed E-state index contributed by atoms with van der Waals surface area (Å²) < 4.78 is 27.2. The molecule has 5 rings (SSSR count). The Morgan fingerprint density at radius 1 is 1.07 bits per heavy atom. The molecule has 0 radical (unpaired) electrons. The second-order valence-corrected chi connectivity index (χ2v) is 6.44. The molecule has 3 aliphatic rings. The first kappa shape index (κ1) is 15.9. The molecule has 0 aliphatic carbocycles. The number of carbonyl (C=O) groups is 1. The number of methoxy groups -OCH3 is 2. The zero-order valence-corrected chi connectivity index (χ0v) is 14.8. The minimum absolute atomic E-state index is 0.144. The molecule has 0 amide bonds. The maximum Gasteiger partial charge on any atom is 0.337 e. The van der Waals surface area contributed by atoms with Crippen LogP contribution in [0.1, 0.15) is 17.0 Å². The maximum atomic E-state index is 12.5. The summed E-state index contributed by atoms with van der Waals surface area (Å²) >= 11 is 0. The third-order valence-corrected chi connectivity index (χ3v) is 5.05. The average Bonchev–Trinajstić information content (AvgIpc) is 3.31. The normalized spacial score (nSPS) is 19.2. The van der Waals surface area contributed by atoms with Crippen LogP contribution in [-0.2, 0) is 9.53 Å². The van der Waals surface area contributed by atoms with Gasteiger partial charge in [-0.2, -0.15) is 0 Å². The van der Waals surface area contributed by atoms with Gasteiger partial charge >= 0.3 is 5.97 Å². The van der Waals surface area contributed by atoms with Crippen molar-refractivity contribution in [3.8, 4) is 23.0 Å². The van der Waals surface area contributed by atoms with Crippen LogP contribution in [0, 0.1) is 0 Å². The van der Waals surface area contributed by atoms with Crippen LogP contribution in [0.25, 0.3) is 0 Å². The van der Waals surface area contributed by atoms with Crippen LogP contribution < -0.4 is 24.3 Å². The van der Waals surface area contributed by atoms with Gasteiger partial charge in [-0.1, -0.05) is 6.07 Å². The molecule has 3 aliphatic heterocycles. The van der Waals surface area contributed by atoms with Crippen LogP contribution in [-0.4, -0.2) is 33.6 Å². The second-order valence-electron chi connectivity index (χ2n) is 6.44. The number of benzene rings is 2. The second kappa shape index (κ2) is 5.84. The molecule has 0 saturated heterocycles. The van der Waals surface area contributed by atoms with Crippen molar-refractivity contribution in [3.05, 3.63) is 52.7 Å². The van der Waals surface area contributed by atoms with Crippen molar-refractivity contribution in [3.63, 3.8) is 0 Å². The molecule has 0 spiro atoms. The Kier molecular flexibility index (Phi) is 3.43. The fourth-order valence-electron chi connectivity index (χ4n) is 3.82. The highest BCUT2D eigenvalue weighted by Gasteiger charge is 2.39. The molecule has 0 unspecified atom stereocenters. The molecular formula is C20H17NO6. The molecule has 7 heteroatoms. The number of ether oxygens (including phenoxy) is 5. The van der Waals surface area contributed by atoms with E-state index in [4.69, 9.17) is 23.7 Å². The average molecular weight is 367 g/mol. The number of hydrogen-bond acceptors (Lipinski definition) is 7. The quantitative estimate of drug-likeness (QED) is 0.836. The number of rotatable bonds is 3. The first-order valence-electron chi connectivity index (χ1n) is 8.52. The van der Waals surface area contributed by atoms with E-state index in [1.807, 2.05) is 30.3 Å². The molecule has 7 nitrogen and oxygen atoms in total. The lowest BCUT2D eigenvalue weighted by molar-refractivity contribution is -0.136. The van der Waals surface area contributed by atoms with Crippen LogP contribution in [0.3, 0.4) is 0 Å². The van der Waals surface area contributed by atoms with E-state index < -0.39 is 0 Å². The third kappa shape index (κ3) is 2.31. The summed E-state index contributed by atoms with van der Waals surface area (Å²) in [6.07, 6.45) is 0. The third-order valence-electron chi connectivity index (χ3n) is 5.05. The standard InChI is InChI=1S/C20H17NO6/c1-23-11-3-4-12-13(7-11)21-14-8-25-20(22)18(14)17(12)10-5-15(24-2)19-16(6-10)26-9-27-19/h3-7,17,21H,8-9H2,1-2H3/t17-/m0/s1. The zero-order chi connectivity index (χ0) is 18.5. The van der Waals surface area contributed by atoms with Gasteiger partial charge in [-0.05, 0) is 29.3 Å². The SMILES string of the molecule is COc1ccc2c(c1)NC1=C(C(=O)OC1)[C@H]2c1cc(OC)c2c(c1)OCO2. The highest BCUT2D eigenvalue weighted by Crippen LogP contribution is 2.49. The number of anilines is 1. The van der Waals surface area contributed by atoms with Gasteiger partial charge in [-0.3, -0.25) is 0 Å². The van der Waals surface area contributed by atoms with E-state index in [-0.39, 0.29) is 25.3 Å². The van der Waals surface area contributed by atoms with E-state index in [2.05, 4.69) is 5.32 Å². The largest absolute Gasteiger partial charge is 0.497 e. The maximum absolute atomic E-state index is 12.5. The highest BCUT2D eigenvalue weighted by atomic mass is 16.7. The Hall–Kier alpha value is -3.35. The van der Waals surface area contributed by atoms with Crippen molar-refractivity contribution in [2.24, 2.45) is 0 Å². The molecule has 2 aromatic carbocycles. The van der Waals surface area contributed by atoms with Crippen LogP contribution in [0.15, 0.2) is 41.6 Å². The van der Waals surface area contributed by atoms with E-state index in [9.17, 15) is 4.79 Å². The summed E-state index contributed by atoms with van der Waals surface area (Å²) in [4.78, 5) is 12.5. The molecular weight excluding hydrogens is 350 g/mol. The lowest BCUT2D eigenvalue weighted by Gasteiger charge is -2.28. The molecule has 138 valence electrons. The van der Waals surface area contributed by atoms with E-state index in [1.165, 1.54) is 0 Å². The summed E-state index contributed by atoms with van der Waals surface area (Å²) in [5.74, 6) is 1.86. The Morgan fingerprint density at radius 2 is 1.96 bits per heavy atom. The van der Waals surface area contributed by atoms with Crippen molar-refractivity contribution >= 4 is 11.7 Å². The van der Waals surface area contributed by atoms with Gasteiger partial charge in [0.05, 0.1) is 25.5 Å². The van der Waals surface area contributed by atoms with E-state index in [0.29, 0.717) is 22.8 Å². The Morgan fingerprint density at radius 3 is 2.78 bits per heavy atom. The monoisotopic (exact) mass is 367 g/mol. The topological polar surface area (TPSA) is 75.3 Å². The molecule has 0 bridgehead atoms. The summed E-state index contributed by atoms with van der Waals surface area (Å²) in [6.45, 7) is 0.369. The van der Waals surface area contributed by atoms with Gasteiger partial charge in [0.15, 0.2) is 11.5 Å². The Bertz CT molecular complexity index is 996. The molecule has 1 N–H and O–H groups in total. The number of esters is 1. The minimum atomic E-state index is -0.319. The molecule has 0 fully saturated rings. The number of hydrogen-bond donors (Lipinski definition) is 1. The summed E-state index contributed by atoms with van der Waals surface area (Å²) in [5, 5.41) is 3.31. The number of cyclic esters (lactones) is 1. The van der Waals surface area contributed by atoms with Gasteiger partial charge in [0.2, 0.25) is 12.5 Å². The molecule has 2 aromatic rings. The van der Waals surface area contributed by atoms with Crippen molar-refractivity contribution in [1.29, 1.82) is 0 Å². The van der Waals surface area contributed by atoms with Crippen LogP contribution >= 0.6 is 0 Å². The number of nitrogens with one attached hydrogen (secondary N) is 1. The Labute approximate surface area is 155 Å². The van der Waals surface area contributed by atoms with Crippen LogP contribution in [0.2, 0.25) is 0 Å². The first-order valence-corrected chi connectivity index (χ1v) is 8.52. The van der Waals surface area contributed by atoms with Crippen molar-refractivity contribution < 1.29 is 28.5 Å². The molecule has 1 atom stereocenters. The molecule has 0 saturated carbocycles. The smallest absolute Gasteiger partial charge is 0.337 e. The van der Waals surface area contributed by atoms with Gasteiger partial charge in [0, 0.05) is 17.7 Å². The van der Waals surface area contributed by atoms with Gasteiger partial charge in [0.1, 0.15) is 12.4 Å². The highest BCUT2D eigenvalue weighted by molar-refractivity contribution is 5.97. The minimum Gasteiger partial charge on any atom is -0.497 e. The molecule has 27 heavy (non-hydrogen) atoms. The van der Waals surface area contributed by atoms with E-state index >= 15 is 0 Å². The zero-order valence-electron chi connectivity index (χ0n) is 14.8. The van der Waals surface area contributed by atoms with Crippen molar-refractivity contribution in [2.45, 2.75) is 5.92 Å². The number of carbonyl (C=O) groups excluding carboxylic acids is 1. The fourth-order valence-corrected chi connectivity index (χ4v) is 3.82. The molecule has 0 aromatic heterocycles. The van der Waals surface area contributed by atoms with Gasteiger partial charge in [-0.15, -0.1) is 0 Å². The summed E-state index contributed by atoms with van der Waals surface area (Å²) in [5.41, 5.74) is 4.08. The van der Waals surface area contributed by atoms with Crippen LogP contribution in [0.4, 0.5) is 5.69 Å². The summed E-state index contributed by atoms with van der Waals surface area (Å²) in [6, 6.07) is 9.53. The van der Waals surface area contributed by atoms with Gasteiger partial charge in [0.25, 0.3) is 0 Å². The van der Waals surface area contributed by atoms with Gasteiger partial charge < -0.3 is 29.0 Å². The lowest BCUT2D eigenvalue weighted by Crippen LogP contribution is -2.20. The predicted molar refractivity (Wildman–Crippen MR) is 95.6 cm³/mol. The van der Waals surface area contributed by atoms with Crippen LogP contribution in [0.5, 0.6) is 23.0 Å². The van der Waals surface area contributed by atoms with Crippen molar-refractivity contribution in [2.75, 3.05) is 32.9 Å². The van der Waals surface area contributed by atoms with E-state index in [1.54, 1.807) is 14.2 Å². The first-order chi connectivity index (χ1) is 13.2. The summed E-state index contributed by atoms with van der Waals surface area (Å²) in [7, 11) is 3.20. The predicted octanol–water partition coefficient (Wildman–Crippen LogP) is 2.80. The van der Waals surface area contributed by atoms with Gasteiger partial charge in [-0.25, -0.2) is 4.79 Å². The molecule has 3 heterocycles. The Balaban J connectivity index is 1.72. The van der Waals surface area contributed by atoms with E-state index in [0.717, 1.165) is 28.3 Å².